The Labute approximate surface area is 71.8 Å². The van der Waals surface area contributed by atoms with Crippen molar-refractivity contribution in [3.8, 4) is 0 Å². The van der Waals surface area contributed by atoms with Gasteiger partial charge in [-0.05, 0) is 0 Å². The molecule has 0 aliphatic carbocycles. The van der Waals surface area contributed by atoms with E-state index < -0.39 is 0 Å². The number of rotatable bonds is 3. The second-order valence-electron chi connectivity index (χ2n) is 1.81. The summed E-state index contributed by atoms with van der Waals surface area (Å²) < 4.78 is 0. The van der Waals surface area contributed by atoms with Crippen molar-refractivity contribution in [3.63, 3.8) is 0 Å². The van der Waals surface area contributed by atoms with Crippen LogP contribution in [0.3, 0.4) is 0 Å². The summed E-state index contributed by atoms with van der Waals surface area (Å²) in [4.78, 5) is 0. The molecule has 0 aliphatic heterocycles. The molecule has 1 heteroatoms. The maximum atomic E-state index is 2.22. The molecule has 0 aromatic rings. The molecule has 0 saturated heterocycles. The second-order valence-corrected chi connectivity index (χ2v) is 1.81. The van der Waals surface area contributed by atoms with Crippen molar-refractivity contribution in [2.24, 2.45) is 0 Å². The minimum Gasteiger partial charge on any atom is -0.314 e. The monoisotopic (exact) mass is 279 g/mol. The van der Waals surface area contributed by atoms with Gasteiger partial charge in [-0.2, -0.15) is 19.3 Å². The average molecular weight is 278 g/mol. The predicted octanol–water partition coefficient (Wildman–Crippen LogP) is 2.79. The van der Waals surface area contributed by atoms with Gasteiger partial charge in [0.15, 0.2) is 0 Å². The van der Waals surface area contributed by atoms with E-state index in [2.05, 4.69) is 20.8 Å². The molecule has 8 heavy (non-hydrogen) atoms. The molecular formula is C7H15Hf-. The quantitative estimate of drug-likeness (QED) is 0.550. The van der Waals surface area contributed by atoms with Crippen LogP contribution in [0.2, 0.25) is 0 Å². The topological polar surface area (TPSA) is 0 Å². The van der Waals surface area contributed by atoms with E-state index in [1.807, 2.05) is 0 Å². The molecule has 0 saturated carbocycles. The second kappa shape index (κ2) is 7.87. The maximum Gasteiger partial charge on any atom is 0 e. The largest absolute Gasteiger partial charge is 0.314 e. The predicted molar refractivity (Wildman–Crippen MR) is 34.1 cm³/mol. The molecule has 0 N–H and O–H groups in total. The van der Waals surface area contributed by atoms with Crippen LogP contribution in [0, 0.1) is 5.92 Å². The molecular weight excluding hydrogens is 263 g/mol. The zero-order valence-corrected chi connectivity index (χ0v) is 9.71. The Bertz CT molecular complexity index is 25.9. The normalized spacial score (nSPS) is 9.00. The molecule has 0 unspecified atom stereocenters. The fourth-order valence-electron chi connectivity index (χ4n) is 0.750. The average Bonchev–Trinajstić information content (AvgIpc) is 1.72. The molecule has 0 rings (SSSR count). The van der Waals surface area contributed by atoms with Crippen LogP contribution >= 0.6 is 0 Å². The Morgan fingerprint density at radius 2 is 1.12 bits per heavy atom. The van der Waals surface area contributed by atoms with Gasteiger partial charge in [-0.25, -0.2) is 0 Å². The molecule has 0 amide bonds. The van der Waals surface area contributed by atoms with Gasteiger partial charge in [-0.15, -0.1) is 0 Å². The van der Waals surface area contributed by atoms with E-state index in [9.17, 15) is 0 Å². The molecule has 0 aliphatic rings. The third-order valence-corrected chi connectivity index (χ3v) is 1.50. The van der Waals surface area contributed by atoms with E-state index in [0.29, 0.717) is 0 Å². The number of hydrogen-bond donors (Lipinski definition) is 0. The standard InChI is InChI=1S/C7H15.Hf/c1-4-7(5-2)6-3;/h4-6H2,1-3H3;/q-1;. The summed E-state index contributed by atoms with van der Waals surface area (Å²) in [5.41, 5.74) is 0. The Morgan fingerprint density at radius 1 is 0.875 bits per heavy atom. The first kappa shape index (κ1) is 11.6. The molecule has 0 nitrogen and oxygen atoms in total. The molecule has 0 aromatic carbocycles. The first-order valence-corrected chi connectivity index (χ1v) is 3.18. The SMILES string of the molecule is CC[C-](CC)CC.[Hf]. The fraction of sp³-hybridized carbons (Fsp3) is 0.857. The third kappa shape index (κ3) is 5.02. The van der Waals surface area contributed by atoms with E-state index in [4.69, 9.17) is 0 Å². The molecule has 0 atom stereocenters. The molecule has 0 radical (unpaired) electrons. The van der Waals surface area contributed by atoms with Crippen LogP contribution in [-0.4, -0.2) is 0 Å². The summed E-state index contributed by atoms with van der Waals surface area (Å²) in [7, 11) is 0. The van der Waals surface area contributed by atoms with E-state index in [-0.39, 0.29) is 25.8 Å². The first-order chi connectivity index (χ1) is 3.35. The Hall–Kier alpha value is 0.870. The van der Waals surface area contributed by atoms with Gasteiger partial charge in [0.05, 0.1) is 0 Å². The number of hydrogen-bond acceptors (Lipinski definition) is 0. The van der Waals surface area contributed by atoms with Crippen molar-refractivity contribution in [3.05, 3.63) is 5.92 Å². The first-order valence-electron chi connectivity index (χ1n) is 3.18. The van der Waals surface area contributed by atoms with Crippen molar-refractivity contribution >= 4 is 0 Å². The molecule has 0 bridgehead atoms. The fourth-order valence-corrected chi connectivity index (χ4v) is 0.750. The Balaban J connectivity index is 0. The summed E-state index contributed by atoms with van der Waals surface area (Å²) in [5, 5.41) is 0. The van der Waals surface area contributed by atoms with Crippen LogP contribution in [0.4, 0.5) is 0 Å². The van der Waals surface area contributed by atoms with Gasteiger partial charge in [-0.3, -0.25) is 0 Å². The van der Waals surface area contributed by atoms with Crippen molar-refractivity contribution in [1.29, 1.82) is 0 Å². The third-order valence-electron chi connectivity index (χ3n) is 1.50. The van der Waals surface area contributed by atoms with Crippen LogP contribution in [0.5, 0.6) is 0 Å². The summed E-state index contributed by atoms with van der Waals surface area (Å²) >= 11 is 0. The van der Waals surface area contributed by atoms with Gasteiger partial charge in [0, 0.05) is 25.8 Å². The van der Waals surface area contributed by atoms with Crippen molar-refractivity contribution in [2.45, 2.75) is 40.0 Å². The maximum absolute atomic E-state index is 2.22. The smallest absolute Gasteiger partial charge is 0 e. The van der Waals surface area contributed by atoms with Crippen molar-refractivity contribution < 1.29 is 25.8 Å². The van der Waals surface area contributed by atoms with Gasteiger partial charge in [0.25, 0.3) is 0 Å². The molecule has 0 heterocycles. The van der Waals surface area contributed by atoms with Crippen LogP contribution < -0.4 is 0 Å². The molecule has 0 fully saturated rings. The van der Waals surface area contributed by atoms with Crippen LogP contribution in [0.25, 0.3) is 0 Å². The van der Waals surface area contributed by atoms with Crippen LogP contribution in [-0.2, 0) is 25.8 Å². The van der Waals surface area contributed by atoms with Crippen LogP contribution in [0.1, 0.15) is 40.0 Å². The van der Waals surface area contributed by atoms with Crippen LogP contribution in [0.15, 0.2) is 0 Å². The van der Waals surface area contributed by atoms with E-state index in [1.54, 1.807) is 5.92 Å². The zero-order valence-electron chi connectivity index (χ0n) is 6.12. The van der Waals surface area contributed by atoms with E-state index in [0.717, 1.165) is 0 Å². The Morgan fingerprint density at radius 3 is 1.12 bits per heavy atom. The summed E-state index contributed by atoms with van der Waals surface area (Å²) in [5.74, 6) is 1.68. The zero-order chi connectivity index (χ0) is 5.70. The van der Waals surface area contributed by atoms with Gasteiger partial charge in [0.2, 0.25) is 0 Å². The van der Waals surface area contributed by atoms with Crippen molar-refractivity contribution in [1.82, 2.24) is 0 Å². The molecule has 48 valence electrons. The summed E-state index contributed by atoms with van der Waals surface area (Å²) in [6.45, 7) is 6.67. The molecule has 0 aromatic heterocycles. The summed E-state index contributed by atoms with van der Waals surface area (Å²) in [6, 6.07) is 0. The van der Waals surface area contributed by atoms with Crippen molar-refractivity contribution in [2.75, 3.05) is 0 Å². The Kier molecular flexibility index (Phi) is 11.5. The van der Waals surface area contributed by atoms with Gasteiger partial charge >= 0.3 is 0 Å². The molecule has 0 spiro atoms. The minimum absolute atomic E-state index is 0. The van der Waals surface area contributed by atoms with E-state index >= 15 is 0 Å². The van der Waals surface area contributed by atoms with Gasteiger partial charge < -0.3 is 5.92 Å². The summed E-state index contributed by atoms with van der Waals surface area (Å²) in [6.07, 6.45) is 3.81. The van der Waals surface area contributed by atoms with Gasteiger partial charge in [0.1, 0.15) is 0 Å². The minimum atomic E-state index is 0. The van der Waals surface area contributed by atoms with E-state index in [1.165, 1.54) is 19.3 Å². The van der Waals surface area contributed by atoms with Gasteiger partial charge in [-0.1, -0.05) is 20.8 Å².